The Kier molecular flexibility index (Phi) is 2.86. The summed E-state index contributed by atoms with van der Waals surface area (Å²) in [6, 6.07) is 4.19. The molecule has 70 valence electrons. The SMILES string of the molecule is CC(=O)Cc1c(C)ccc(C)c1C. The van der Waals surface area contributed by atoms with E-state index in [1.54, 1.807) is 6.92 Å². The molecule has 13 heavy (non-hydrogen) atoms. The number of Topliss-reactive ketones (excluding diaryl/α,β-unsaturated/α-hetero) is 1. The van der Waals surface area contributed by atoms with Gasteiger partial charge >= 0.3 is 0 Å². The molecule has 1 aromatic carbocycles. The summed E-state index contributed by atoms with van der Waals surface area (Å²) in [5.41, 5.74) is 4.95. The van der Waals surface area contributed by atoms with Gasteiger partial charge in [-0.1, -0.05) is 12.1 Å². The molecule has 0 radical (unpaired) electrons. The van der Waals surface area contributed by atoms with Crippen molar-refractivity contribution in [1.82, 2.24) is 0 Å². The molecule has 1 nitrogen and oxygen atoms in total. The lowest BCUT2D eigenvalue weighted by Gasteiger charge is -2.10. The maximum atomic E-state index is 11.0. The van der Waals surface area contributed by atoms with Crippen LogP contribution in [-0.2, 0) is 11.2 Å². The molecule has 1 heteroatoms. The molecule has 0 aliphatic rings. The number of benzene rings is 1. The van der Waals surface area contributed by atoms with Crippen molar-refractivity contribution in [1.29, 1.82) is 0 Å². The third kappa shape index (κ3) is 2.18. The third-order valence-electron chi connectivity index (χ3n) is 2.53. The Labute approximate surface area is 79.8 Å². The van der Waals surface area contributed by atoms with Crippen LogP contribution in [0.2, 0.25) is 0 Å². The molecule has 0 aliphatic carbocycles. The van der Waals surface area contributed by atoms with Crippen LogP contribution >= 0.6 is 0 Å². The van der Waals surface area contributed by atoms with Gasteiger partial charge in [0, 0.05) is 6.42 Å². The van der Waals surface area contributed by atoms with E-state index in [1.807, 2.05) is 0 Å². The van der Waals surface area contributed by atoms with Gasteiger partial charge in [-0.15, -0.1) is 0 Å². The second-order valence-electron chi connectivity index (χ2n) is 3.68. The molecule has 0 spiro atoms. The molecular formula is C12H16O. The Morgan fingerprint density at radius 3 is 2.23 bits per heavy atom. The molecule has 0 heterocycles. The van der Waals surface area contributed by atoms with Gasteiger partial charge in [0.25, 0.3) is 0 Å². The van der Waals surface area contributed by atoms with Crippen molar-refractivity contribution in [2.24, 2.45) is 0 Å². The topological polar surface area (TPSA) is 17.1 Å². The molecule has 0 aromatic heterocycles. The Balaban J connectivity index is 3.17. The minimum Gasteiger partial charge on any atom is -0.300 e. The van der Waals surface area contributed by atoms with Crippen LogP contribution in [0.4, 0.5) is 0 Å². The molecule has 0 saturated heterocycles. The fourth-order valence-electron chi connectivity index (χ4n) is 1.53. The Hall–Kier alpha value is -1.11. The average molecular weight is 176 g/mol. The quantitative estimate of drug-likeness (QED) is 0.677. The molecule has 1 aromatic rings. The van der Waals surface area contributed by atoms with Crippen molar-refractivity contribution >= 4 is 5.78 Å². The number of carbonyl (C=O) groups is 1. The van der Waals surface area contributed by atoms with Crippen LogP contribution in [0.15, 0.2) is 12.1 Å². The lowest BCUT2D eigenvalue weighted by molar-refractivity contribution is -0.116. The maximum Gasteiger partial charge on any atom is 0.134 e. The molecule has 0 saturated carbocycles. The summed E-state index contributed by atoms with van der Waals surface area (Å²) < 4.78 is 0. The highest BCUT2D eigenvalue weighted by Gasteiger charge is 2.06. The molecule has 0 N–H and O–H groups in total. The van der Waals surface area contributed by atoms with E-state index >= 15 is 0 Å². The summed E-state index contributed by atoms with van der Waals surface area (Å²) in [6.07, 6.45) is 0.569. The van der Waals surface area contributed by atoms with Crippen molar-refractivity contribution < 1.29 is 4.79 Å². The predicted octanol–water partition coefficient (Wildman–Crippen LogP) is 2.74. The summed E-state index contributed by atoms with van der Waals surface area (Å²) in [6.45, 7) is 7.87. The van der Waals surface area contributed by atoms with Gasteiger partial charge in [0.2, 0.25) is 0 Å². The van der Waals surface area contributed by atoms with Gasteiger partial charge in [-0.3, -0.25) is 4.79 Å². The molecule has 1 rings (SSSR count). The number of ketones is 1. The third-order valence-corrected chi connectivity index (χ3v) is 2.53. The van der Waals surface area contributed by atoms with Crippen molar-refractivity contribution in [3.05, 3.63) is 34.4 Å². The van der Waals surface area contributed by atoms with Crippen molar-refractivity contribution in [2.75, 3.05) is 0 Å². The van der Waals surface area contributed by atoms with Crippen molar-refractivity contribution in [3.8, 4) is 0 Å². The van der Waals surface area contributed by atoms with E-state index in [0.717, 1.165) is 0 Å². The summed E-state index contributed by atoms with van der Waals surface area (Å²) >= 11 is 0. The Morgan fingerprint density at radius 1 is 1.15 bits per heavy atom. The number of aryl methyl sites for hydroxylation is 2. The molecule has 0 atom stereocenters. The number of rotatable bonds is 2. The van der Waals surface area contributed by atoms with E-state index in [-0.39, 0.29) is 5.78 Å². The fraction of sp³-hybridized carbons (Fsp3) is 0.417. The van der Waals surface area contributed by atoms with E-state index in [0.29, 0.717) is 6.42 Å². The van der Waals surface area contributed by atoms with Gasteiger partial charge in [-0.05, 0) is 49.9 Å². The predicted molar refractivity (Wildman–Crippen MR) is 55.0 cm³/mol. The van der Waals surface area contributed by atoms with Crippen LogP contribution in [0, 0.1) is 20.8 Å². The van der Waals surface area contributed by atoms with Crippen LogP contribution < -0.4 is 0 Å². The summed E-state index contributed by atoms with van der Waals surface area (Å²) in [4.78, 5) is 11.0. The average Bonchev–Trinajstić information content (AvgIpc) is 2.05. The van der Waals surface area contributed by atoms with Crippen LogP contribution in [0.1, 0.15) is 29.2 Å². The molecule has 0 unspecified atom stereocenters. The number of carbonyl (C=O) groups excluding carboxylic acids is 1. The summed E-state index contributed by atoms with van der Waals surface area (Å²) in [7, 11) is 0. The zero-order valence-corrected chi connectivity index (χ0v) is 8.77. The Morgan fingerprint density at radius 2 is 1.69 bits per heavy atom. The van der Waals surface area contributed by atoms with Crippen LogP contribution in [0.5, 0.6) is 0 Å². The second kappa shape index (κ2) is 3.73. The normalized spacial score (nSPS) is 10.2. The van der Waals surface area contributed by atoms with Crippen molar-refractivity contribution in [2.45, 2.75) is 34.1 Å². The first-order valence-electron chi connectivity index (χ1n) is 4.57. The monoisotopic (exact) mass is 176 g/mol. The lowest BCUT2D eigenvalue weighted by Crippen LogP contribution is -2.02. The summed E-state index contributed by atoms with van der Waals surface area (Å²) in [5.74, 6) is 0.233. The van der Waals surface area contributed by atoms with Gasteiger partial charge < -0.3 is 0 Å². The van der Waals surface area contributed by atoms with Crippen LogP contribution in [-0.4, -0.2) is 5.78 Å². The van der Waals surface area contributed by atoms with Crippen LogP contribution in [0.3, 0.4) is 0 Å². The molecule has 0 bridgehead atoms. The molecular weight excluding hydrogens is 160 g/mol. The molecule has 0 fully saturated rings. The second-order valence-corrected chi connectivity index (χ2v) is 3.68. The van der Waals surface area contributed by atoms with E-state index in [4.69, 9.17) is 0 Å². The molecule has 0 aliphatic heterocycles. The zero-order chi connectivity index (χ0) is 10.0. The first-order chi connectivity index (χ1) is 6.02. The van der Waals surface area contributed by atoms with Crippen molar-refractivity contribution in [3.63, 3.8) is 0 Å². The van der Waals surface area contributed by atoms with Gasteiger partial charge in [0.15, 0.2) is 0 Å². The zero-order valence-electron chi connectivity index (χ0n) is 8.77. The Bertz CT molecular complexity index is 337. The van der Waals surface area contributed by atoms with E-state index in [1.165, 1.54) is 22.3 Å². The highest BCUT2D eigenvalue weighted by Crippen LogP contribution is 2.18. The first-order valence-corrected chi connectivity index (χ1v) is 4.57. The van der Waals surface area contributed by atoms with E-state index < -0.39 is 0 Å². The summed E-state index contributed by atoms with van der Waals surface area (Å²) in [5, 5.41) is 0. The highest BCUT2D eigenvalue weighted by atomic mass is 16.1. The van der Waals surface area contributed by atoms with Gasteiger partial charge in [0.1, 0.15) is 5.78 Å². The largest absolute Gasteiger partial charge is 0.300 e. The van der Waals surface area contributed by atoms with E-state index in [9.17, 15) is 4.79 Å². The minimum absolute atomic E-state index is 0.233. The van der Waals surface area contributed by atoms with Gasteiger partial charge in [0.05, 0.1) is 0 Å². The first kappa shape index (κ1) is 9.97. The molecule has 0 amide bonds. The minimum atomic E-state index is 0.233. The van der Waals surface area contributed by atoms with Gasteiger partial charge in [-0.25, -0.2) is 0 Å². The van der Waals surface area contributed by atoms with Crippen LogP contribution in [0.25, 0.3) is 0 Å². The van der Waals surface area contributed by atoms with Gasteiger partial charge in [-0.2, -0.15) is 0 Å². The standard InChI is InChI=1S/C12H16O/c1-8-5-6-9(2)12(11(8)4)7-10(3)13/h5-6H,7H2,1-4H3. The number of hydrogen-bond acceptors (Lipinski definition) is 1. The lowest BCUT2D eigenvalue weighted by atomic mass is 9.95. The van der Waals surface area contributed by atoms with E-state index in [2.05, 4.69) is 32.9 Å². The smallest absolute Gasteiger partial charge is 0.134 e. The number of hydrogen-bond donors (Lipinski definition) is 0. The maximum absolute atomic E-state index is 11.0. The fourth-order valence-corrected chi connectivity index (χ4v) is 1.53. The highest BCUT2D eigenvalue weighted by molar-refractivity contribution is 5.79.